The van der Waals surface area contributed by atoms with E-state index in [9.17, 15) is 5.11 Å². The van der Waals surface area contributed by atoms with Crippen LogP contribution < -0.4 is 0 Å². The van der Waals surface area contributed by atoms with Crippen LogP contribution in [-0.2, 0) is 4.74 Å². The summed E-state index contributed by atoms with van der Waals surface area (Å²) in [7, 11) is 0. The standard InChI is InChI=1S/C14H20O2S/c1-2-13(15)12-5-3-4-6-14(12)17-11-7-9-16-10-8-11/h3-6,11,13,15H,2,7-10H2,1H3. The molecule has 0 amide bonds. The molecule has 94 valence electrons. The van der Waals surface area contributed by atoms with Crippen molar-refractivity contribution in [2.45, 2.75) is 42.4 Å². The Bertz CT molecular complexity index is 348. The summed E-state index contributed by atoms with van der Waals surface area (Å²) in [6, 6.07) is 8.21. The molecule has 2 rings (SSSR count). The number of ether oxygens (including phenoxy) is 1. The largest absolute Gasteiger partial charge is 0.388 e. The van der Waals surface area contributed by atoms with E-state index in [4.69, 9.17) is 4.74 Å². The smallest absolute Gasteiger partial charge is 0.0798 e. The molecule has 1 aromatic carbocycles. The van der Waals surface area contributed by atoms with Crippen LogP contribution in [0.1, 0.15) is 37.9 Å². The van der Waals surface area contributed by atoms with E-state index in [0.717, 1.165) is 38.0 Å². The third-order valence-electron chi connectivity index (χ3n) is 3.13. The van der Waals surface area contributed by atoms with Crippen LogP contribution >= 0.6 is 11.8 Å². The van der Waals surface area contributed by atoms with Gasteiger partial charge in [0.05, 0.1) is 6.10 Å². The van der Waals surface area contributed by atoms with Gasteiger partial charge in [0.25, 0.3) is 0 Å². The normalized spacial score (nSPS) is 19.2. The summed E-state index contributed by atoms with van der Waals surface area (Å²) >= 11 is 1.89. The third kappa shape index (κ3) is 3.47. The van der Waals surface area contributed by atoms with Crippen molar-refractivity contribution in [3.63, 3.8) is 0 Å². The van der Waals surface area contributed by atoms with Gasteiger partial charge in [0.2, 0.25) is 0 Å². The predicted octanol–water partition coefficient (Wildman–Crippen LogP) is 3.40. The molecule has 0 aliphatic carbocycles. The van der Waals surface area contributed by atoms with E-state index in [2.05, 4.69) is 6.07 Å². The number of hydrogen-bond donors (Lipinski definition) is 1. The quantitative estimate of drug-likeness (QED) is 0.890. The molecular formula is C14H20O2S. The summed E-state index contributed by atoms with van der Waals surface area (Å²) in [5.41, 5.74) is 1.08. The zero-order chi connectivity index (χ0) is 12.1. The molecule has 1 heterocycles. The fraction of sp³-hybridized carbons (Fsp3) is 0.571. The lowest BCUT2D eigenvalue weighted by atomic mass is 10.1. The fourth-order valence-electron chi connectivity index (χ4n) is 2.06. The van der Waals surface area contributed by atoms with Gasteiger partial charge in [-0.3, -0.25) is 0 Å². The number of benzene rings is 1. The molecule has 1 unspecified atom stereocenters. The lowest BCUT2D eigenvalue weighted by Gasteiger charge is -2.23. The van der Waals surface area contributed by atoms with Gasteiger partial charge in [0.1, 0.15) is 0 Å². The van der Waals surface area contributed by atoms with E-state index in [1.165, 1.54) is 4.90 Å². The van der Waals surface area contributed by atoms with E-state index in [1.807, 2.05) is 36.9 Å². The zero-order valence-corrected chi connectivity index (χ0v) is 11.1. The molecule has 1 aliphatic heterocycles. The lowest BCUT2D eigenvalue weighted by molar-refractivity contribution is 0.1000. The Labute approximate surface area is 107 Å². The van der Waals surface area contributed by atoms with E-state index in [0.29, 0.717) is 5.25 Å². The minimum atomic E-state index is -0.335. The van der Waals surface area contributed by atoms with E-state index < -0.39 is 0 Å². The zero-order valence-electron chi connectivity index (χ0n) is 10.3. The first kappa shape index (κ1) is 12.9. The second-order valence-electron chi connectivity index (χ2n) is 4.39. The Balaban J connectivity index is 2.08. The van der Waals surface area contributed by atoms with E-state index in [1.54, 1.807) is 0 Å². The van der Waals surface area contributed by atoms with Gasteiger partial charge in [0, 0.05) is 23.4 Å². The number of thioether (sulfide) groups is 1. The highest BCUT2D eigenvalue weighted by Gasteiger charge is 2.18. The molecule has 1 saturated heterocycles. The van der Waals surface area contributed by atoms with E-state index >= 15 is 0 Å². The van der Waals surface area contributed by atoms with Crippen molar-refractivity contribution >= 4 is 11.8 Å². The molecule has 0 saturated carbocycles. The van der Waals surface area contributed by atoms with Crippen molar-refractivity contribution in [1.29, 1.82) is 0 Å². The number of aliphatic hydroxyl groups excluding tert-OH is 1. The Morgan fingerprint density at radius 1 is 1.35 bits per heavy atom. The number of hydrogen-bond acceptors (Lipinski definition) is 3. The molecule has 0 radical (unpaired) electrons. The van der Waals surface area contributed by atoms with Gasteiger partial charge in [-0.15, -0.1) is 11.8 Å². The van der Waals surface area contributed by atoms with Crippen LogP contribution in [0.4, 0.5) is 0 Å². The molecule has 0 spiro atoms. The molecule has 1 atom stereocenters. The fourth-order valence-corrected chi connectivity index (χ4v) is 3.34. The molecule has 1 aromatic rings. The highest BCUT2D eigenvalue weighted by atomic mass is 32.2. The average Bonchev–Trinajstić information content (AvgIpc) is 2.40. The summed E-state index contributed by atoms with van der Waals surface area (Å²) < 4.78 is 5.37. The molecule has 17 heavy (non-hydrogen) atoms. The number of rotatable bonds is 4. The van der Waals surface area contributed by atoms with Crippen molar-refractivity contribution in [3.8, 4) is 0 Å². The van der Waals surface area contributed by atoms with Crippen LogP contribution in [0.15, 0.2) is 29.2 Å². The van der Waals surface area contributed by atoms with Crippen molar-refractivity contribution in [2.24, 2.45) is 0 Å². The Kier molecular flexibility index (Phi) is 4.89. The first-order valence-electron chi connectivity index (χ1n) is 6.32. The van der Waals surface area contributed by atoms with Crippen LogP contribution in [-0.4, -0.2) is 23.6 Å². The highest BCUT2D eigenvalue weighted by Crippen LogP contribution is 2.35. The second kappa shape index (κ2) is 6.43. The topological polar surface area (TPSA) is 29.5 Å². The minimum absolute atomic E-state index is 0.335. The van der Waals surface area contributed by atoms with Crippen molar-refractivity contribution in [1.82, 2.24) is 0 Å². The summed E-state index contributed by atoms with van der Waals surface area (Å²) in [6.45, 7) is 3.76. The Morgan fingerprint density at radius 2 is 2.06 bits per heavy atom. The maximum absolute atomic E-state index is 10.0. The van der Waals surface area contributed by atoms with Crippen molar-refractivity contribution in [3.05, 3.63) is 29.8 Å². The van der Waals surface area contributed by atoms with Crippen molar-refractivity contribution in [2.75, 3.05) is 13.2 Å². The van der Waals surface area contributed by atoms with Crippen molar-refractivity contribution < 1.29 is 9.84 Å². The summed E-state index contributed by atoms with van der Waals surface area (Å²) in [4.78, 5) is 1.23. The van der Waals surface area contributed by atoms with Gasteiger partial charge in [-0.05, 0) is 30.9 Å². The third-order valence-corrected chi connectivity index (χ3v) is 4.56. The molecule has 1 fully saturated rings. The van der Waals surface area contributed by atoms with Crippen LogP contribution in [0.5, 0.6) is 0 Å². The maximum Gasteiger partial charge on any atom is 0.0798 e. The van der Waals surface area contributed by atoms with Gasteiger partial charge in [0.15, 0.2) is 0 Å². The molecule has 1 aliphatic rings. The summed E-state index contributed by atoms with van der Waals surface area (Å²) in [5, 5.41) is 10.6. The SMILES string of the molecule is CCC(O)c1ccccc1SC1CCOCC1. The van der Waals surface area contributed by atoms with Crippen LogP contribution in [0.2, 0.25) is 0 Å². The van der Waals surface area contributed by atoms with E-state index in [-0.39, 0.29) is 6.10 Å². The molecule has 1 N–H and O–H groups in total. The molecule has 0 bridgehead atoms. The Morgan fingerprint density at radius 3 is 2.76 bits per heavy atom. The first-order chi connectivity index (χ1) is 8.31. The first-order valence-corrected chi connectivity index (χ1v) is 7.20. The van der Waals surface area contributed by atoms with Crippen LogP contribution in [0.3, 0.4) is 0 Å². The van der Waals surface area contributed by atoms with Gasteiger partial charge < -0.3 is 9.84 Å². The summed E-state index contributed by atoms with van der Waals surface area (Å²) in [5.74, 6) is 0. The summed E-state index contributed by atoms with van der Waals surface area (Å²) in [6.07, 6.45) is 2.66. The monoisotopic (exact) mass is 252 g/mol. The van der Waals surface area contributed by atoms with Gasteiger partial charge in [-0.25, -0.2) is 0 Å². The predicted molar refractivity (Wildman–Crippen MR) is 71.4 cm³/mol. The maximum atomic E-state index is 10.0. The average molecular weight is 252 g/mol. The van der Waals surface area contributed by atoms with Gasteiger partial charge in [-0.1, -0.05) is 25.1 Å². The molecule has 0 aromatic heterocycles. The molecular weight excluding hydrogens is 232 g/mol. The van der Waals surface area contributed by atoms with Gasteiger partial charge >= 0.3 is 0 Å². The van der Waals surface area contributed by atoms with Crippen LogP contribution in [0.25, 0.3) is 0 Å². The molecule has 2 nitrogen and oxygen atoms in total. The molecule has 3 heteroatoms. The second-order valence-corrected chi connectivity index (χ2v) is 5.73. The van der Waals surface area contributed by atoms with Gasteiger partial charge in [-0.2, -0.15) is 0 Å². The Hall–Kier alpha value is -0.510. The highest BCUT2D eigenvalue weighted by molar-refractivity contribution is 8.00. The minimum Gasteiger partial charge on any atom is -0.388 e. The number of aliphatic hydroxyl groups is 1. The lowest BCUT2D eigenvalue weighted by Crippen LogP contribution is -2.17. The van der Waals surface area contributed by atoms with Crippen LogP contribution in [0, 0.1) is 0 Å².